The Bertz CT molecular complexity index is 769. The summed E-state index contributed by atoms with van der Waals surface area (Å²) in [6.45, 7) is 4.67. The summed E-state index contributed by atoms with van der Waals surface area (Å²) < 4.78 is 10.3. The van der Waals surface area contributed by atoms with Gasteiger partial charge in [-0.2, -0.15) is 0 Å². The molecule has 0 amide bonds. The molecule has 0 saturated heterocycles. The molecule has 7 heteroatoms. The molecule has 2 aromatic rings. The number of hydrogen-bond donors (Lipinski definition) is 1. The molecule has 1 N–H and O–H groups in total. The van der Waals surface area contributed by atoms with Crippen LogP contribution in [0.15, 0.2) is 34.2 Å². The van der Waals surface area contributed by atoms with Crippen molar-refractivity contribution in [1.82, 2.24) is 9.97 Å². The van der Waals surface area contributed by atoms with Crippen LogP contribution in [0.25, 0.3) is 0 Å². The lowest BCUT2D eigenvalue weighted by atomic mass is 10.1. The van der Waals surface area contributed by atoms with Gasteiger partial charge in [0.15, 0.2) is 5.16 Å². The first-order chi connectivity index (χ1) is 12.0. The van der Waals surface area contributed by atoms with Crippen molar-refractivity contribution in [2.75, 3.05) is 19.5 Å². The Hall–Kier alpha value is -2.28. The minimum absolute atomic E-state index is 0.0101. The zero-order chi connectivity index (χ0) is 18.2. The topological polar surface area (TPSA) is 81.3 Å². The molecule has 1 aromatic carbocycles. The van der Waals surface area contributed by atoms with Gasteiger partial charge in [-0.15, -0.1) is 0 Å². The van der Waals surface area contributed by atoms with Crippen molar-refractivity contribution in [2.24, 2.45) is 0 Å². The second-order valence-electron chi connectivity index (χ2n) is 5.67. The van der Waals surface area contributed by atoms with Gasteiger partial charge in [-0.3, -0.25) is 9.59 Å². The van der Waals surface area contributed by atoms with Crippen molar-refractivity contribution in [3.63, 3.8) is 0 Å². The molecule has 0 radical (unpaired) electrons. The Kier molecular flexibility index (Phi) is 7.06. The van der Waals surface area contributed by atoms with E-state index in [-0.39, 0.29) is 12.0 Å². The fraction of sp³-hybridized carbons (Fsp3) is 0.389. The summed E-state index contributed by atoms with van der Waals surface area (Å²) in [4.78, 5) is 29.9. The van der Waals surface area contributed by atoms with Crippen LogP contribution in [0.5, 0.6) is 5.75 Å². The van der Waals surface area contributed by atoms with Crippen LogP contribution >= 0.6 is 11.8 Å². The van der Waals surface area contributed by atoms with Crippen molar-refractivity contribution in [1.29, 1.82) is 0 Å². The average molecular weight is 362 g/mol. The number of H-pyrrole nitrogens is 1. The highest BCUT2D eigenvalue weighted by Crippen LogP contribution is 2.17. The molecular weight excluding hydrogens is 340 g/mol. The van der Waals surface area contributed by atoms with Crippen molar-refractivity contribution in [3.8, 4) is 5.75 Å². The highest BCUT2D eigenvalue weighted by Gasteiger charge is 2.07. The van der Waals surface area contributed by atoms with E-state index in [2.05, 4.69) is 20.8 Å². The number of ether oxygens (including phenoxy) is 2. The smallest absolute Gasteiger partial charge is 0.311 e. The molecule has 0 spiro atoms. The molecule has 134 valence electrons. The summed E-state index contributed by atoms with van der Waals surface area (Å²) in [7, 11) is 1.31. The summed E-state index contributed by atoms with van der Waals surface area (Å²) >= 11 is 1.43. The van der Waals surface area contributed by atoms with E-state index >= 15 is 0 Å². The Morgan fingerprint density at radius 2 is 1.92 bits per heavy atom. The lowest BCUT2D eigenvalue weighted by molar-refractivity contribution is -0.139. The number of aromatic nitrogens is 2. The van der Waals surface area contributed by atoms with E-state index in [0.717, 1.165) is 17.9 Å². The van der Waals surface area contributed by atoms with E-state index < -0.39 is 5.97 Å². The molecule has 2 rings (SSSR count). The molecule has 0 unspecified atom stereocenters. The van der Waals surface area contributed by atoms with Gasteiger partial charge in [-0.05, 0) is 43.5 Å². The van der Waals surface area contributed by atoms with Crippen molar-refractivity contribution >= 4 is 17.7 Å². The largest absolute Gasteiger partial charge is 0.494 e. The van der Waals surface area contributed by atoms with Gasteiger partial charge in [-0.25, -0.2) is 4.98 Å². The predicted octanol–water partition coefficient (Wildman–Crippen LogP) is 2.66. The zero-order valence-corrected chi connectivity index (χ0v) is 15.4. The Balaban J connectivity index is 1.81. The Morgan fingerprint density at radius 1 is 1.20 bits per heavy atom. The number of esters is 1. The number of carbonyl (C=O) groups is 1. The molecule has 0 fully saturated rings. The van der Waals surface area contributed by atoms with Crippen LogP contribution in [-0.4, -0.2) is 35.4 Å². The molecule has 0 aliphatic carbocycles. The van der Waals surface area contributed by atoms with E-state index in [1.165, 1.54) is 36.1 Å². The maximum absolute atomic E-state index is 11.6. The highest BCUT2D eigenvalue weighted by atomic mass is 32.2. The maximum atomic E-state index is 11.6. The number of nitrogens with zero attached hydrogens (tertiary/aromatic N) is 1. The third-order valence-electron chi connectivity index (χ3n) is 3.32. The molecule has 1 heterocycles. The number of aryl methyl sites for hydroxylation is 2. The number of hydrogen-bond acceptors (Lipinski definition) is 6. The number of rotatable bonds is 8. The number of benzene rings is 1. The van der Waals surface area contributed by atoms with Crippen LogP contribution in [0.1, 0.15) is 23.2 Å². The number of aromatic amines is 1. The van der Waals surface area contributed by atoms with Crippen LogP contribution in [0.4, 0.5) is 0 Å². The summed E-state index contributed by atoms with van der Waals surface area (Å²) in [6.07, 6.45) is 0.798. The summed E-state index contributed by atoms with van der Waals surface area (Å²) in [5.41, 5.74) is 2.48. The van der Waals surface area contributed by atoms with Gasteiger partial charge in [0.1, 0.15) is 5.75 Å². The number of methoxy groups -OCH3 is 1. The van der Waals surface area contributed by atoms with E-state index in [1.807, 2.05) is 26.0 Å². The van der Waals surface area contributed by atoms with Crippen LogP contribution in [0, 0.1) is 13.8 Å². The quantitative estimate of drug-likeness (QED) is 0.336. The van der Waals surface area contributed by atoms with Crippen LogP contribution in [0.3, 0.4) is 0 Å². The van der Waals surface area contributed by atoms with E-state index in [0.29, 0.717) is 17.5 Å². The third-order valence-corrected chi connectivity index (χ3v) is 4.28. The fourth-order valence-corrected chi connectivity index (χ4v) is 3.11. The SMILES string of the molecule is COC(=O)Cc1cc(=O)[nH]c(SCCCOc2cc(C)cc(C)c2)n1. The van der Waals surface area contributed by atoms with Gasteiger partial charge >= 0.3 is 5.97 Å². The lowest BCUT2D eigenvalue weighted by Crippen LogP contribution is -2.14. The normalized spacial score (nSPS) is 10.5. The summed E-state index contributed by atoms with van der Waals surface area (Å²) in [6, 6.07) is 7.43. The molecule has 1 aromatic heterocycles. The van der Waals surface area contributed by atoms with Gasteiger partial charge in [0.05, 0.1) is 25.8 Å². The molecule has 0 aliphatic heterocycles. The maximum Gasteiger partial charge on any atom is 0.311 e. The molecule has 25 heavy (non-hydrogen) atoms. The zero-order valence-electron chi connectivity index (χ0n) is 14.6. The Morgan fingerprint density at radius 3 is 2.60 bits per heavy atom. The first kappa shape index (κ1) is 19.1. The van der Waals surface area contributed by atoms with Gasteiger partial charge in [0, 0.05) is 11.8 Å². The molecule has 0 saturated carbocycles. The minimum atomic E-state index is -0.420. The molecule has 0 atom stereocenters. The first-order valence-corrected chi connectivity index (χ1v) is 8.96. The summed E-state index contributed by atoms with van der Waals surface area (Å²) in [5.74, 6) is 1.19. The van der Waals surface area contributed by atoms with Gasteiger partial charge in [0.25, 0.3) is 5.56 Å². The number of nitrogens with one attached hydrogen (secondary N) is 1. The summed E-state index contributed by atoms with van der Waals surface area (Å²) in [5, 5.41) is 0.498. The van der Waals surface area contributed by atoms with E-state index in [1.54, 1.807) is 0 Å². The third kappa shape index (κ3) is 6.62. The number of thioether (sulfide) groups is 1. The van der Waals surface area contributed by atoms with Gasteiger partial charge in [-0.1, -0.05) is 17.8 Å². The highest BCUT2D eigenvalue weighted by molar-refractivity contribution is 7.99. The molecule has 6 nitrogen and oxygen atoms in total. The van der Waals surface area contributed by atoms with Crippen LogP contribution < -0.4 is 10.3 Å². The molecule has 0 bridgehead atoms. The van der Waals surface area contributed by atoms with Crippen LogP contribution in [-0.2, 0) is 16.0 Å². The van der Waals surface area contributed by atoms with Gasteiger partial charge in [0.2, 0.25) is 0 Å². The Labute approximate surface area is 151 Å². The number of carbonyl (C=O) groups excluding carboxylic acids is 1. The standard InChI is InChI=1S/C18H22N2O4S/c1-12-7-13(2)9-15(8-12)24-5-4-6-25-18-19-14(10-16(21)20-18)11-17(22)23-3/h7-10H,4-6,11H2,1-3H3,(H,19,20,21). The van der Waals surface area contributed by atoms with E-state index in [9.17, 15) is 9.59 Å². The molecular formula is C18H22N2O4S. The predicted molar refractivity (Wildman–Crippen MR) is 97.3 cm³/mol. The van der Waals surface area contributed by atoms with Crippen molar-refractivity contribution < 1.29 is 14.3 Å². The fourth-order valence-electron chi connectivity index (χ4n) is 2.30. The van der Waals surface area contributed by atoms with Crippen molar-refractivity contribution in [2.45, 2.75) is 31.8 Å². The average Bonchev–Trinajstić information content (AvgIpc) is 2.53. The van der Waals surface area contributed by atoms with E-state index in [4.69, 9.17) is 4.74 Å². The van der Waals surface area contributed by atoms with Gasteiger partial charge < -0.3 is 14.5 Å². The first-order valence-electron chi connectivity index (χ1n) is 7.97. The molecule has 0 aliphatic rings. The monoisotopic (exact) mass is 362 g/mol. The second kappa shape index (κ2) is 9.27. The van der Waals surface area contributed by atoms with Crippen LogP contribution in [0.2, 0.25) is 0 Å². The lowest BCUT2D eigenvalue weighted by Gasteiger charge is -2.08. The van der Waals surface area contributed by atoms with Crippen molar-refractivity contribution in [3.05, 3.63) is 51.4 Å². The minimum Gasteiger partial charge on any atom is -0.494 e. The second-order valence-corrected chi connectivity index (χ2v) is 6.75.